The topological polar surface area (TPSA) is 72.3 Å². The number of halogens is 1. The van der Waals surface area contributed by atoms with Crippen molar-refractivity contribution in [2.24, 2.45) is 5.41 Å². The number of aromatic nitrogens is 3. The number of pyridine rings is 1. The smallest absolute Gasteiger partial charge is 0.211 e. The summed E-state index contributed by atoms with van der Waals surface area (Å²) in [5, 5.41) is 7.71. The van der Waals surface area contributed by atoms with E-state index in [4.69, 9.17) is 4.74 Å². The van der Waals surface area contributed by atoms with Crippen molar-refractivity contribution in [2.45, 2.75) is 0 Å². The standard InChI is InChI=1S/C18H16FN5O2/c19-15-2-1-13(21-11-25)4-16(15)24-6-12-3-14(5-20-17(12)22-24)23-7-18(8-23)9-26-10-18/h1-6,11H,7-10H2,(H,21,25). The molecule has 5 rings (SSSR count). The highest BCUT2D eigenvalue weighted by molar-refractivity contribution is 5.79. The molecular formula is C18H16FN5O2. The minimum Gasteiger partial charge on any atom is -0.380 e. The average Bonchev–Trinajstić information content (AvgIpc) is 2.97. The number of ether oxygens (including phenoxy) is 1. The van der Waals surface area contributed by atoms with E-state index in [2.05, 4.69) is 20.3 Å². The fourth-order valence-electron chi connectivity index (χ4n) is 3.57. The van der Waals surface area contributed by atoms with Gasteiger partial charge in [-0.25, -0.2) is 14.1 Å². The molecule has 0 atom stereocenters. The van der Waals surface area contributed by atoms with Crippen molar-refractivity contribution in [1.29, 1.82) is 0 Å². The number of rotatable bonds is 4. The monoisotopic (exact) mass is 353 g/mol. The third-order valence-corrected chi connectivity index (χ3v) is 5.00. The molecule has 8 heteroatoms. The lowest BCUT2D eigenvalue weighted by atomic mass is 9.78. The first-order chi connectivity index (χ1) is 12.7. The molecule has 3 aromatic rings. The number of nitrogens with zero attached hydrogens (tertiary/aromatic N) is 4. The van der Waals surface area contributed by atoms with Gasteiger partial charge in [0.25, 0.3) is 0 Å². The van der Waals surface area contributed by atoms with Crippen LogP contribution in [0.4, 0.5) is 15.8 Å². The SMILES string of the molecule is O=CNc1ccc(F)c(-n2cc3cc(N4CC5(COC5)C4)cnc3n2)c1. The lowest BCUT2D eigenvalue weighted by Gasteiger charge is -2.55. The molecule has 1 spiro atoms. The van der Waals surface area contributed by atoms with Crippen molar-refractivity contribution in [3.05, 3.63) is 42.5 Å². The number of nitrogens with one attached hydrogen (secondary N) is 1. The Kier molecular flexibility index (Phi) is 3.23. The molecule has 1 amide bonds. The van der Waals surface area contributed by atoms with Crippen LogP contribution in [0.25, 0.3) is 16.7 Å². The molecule has 2 fully saturated rings. The van der Waals surface area contributed by atoms with E-state index in [1.54, 1.807) is 12.4 Å². The quantitative estimate of drug-likeness (QED) is 0.726. The number of fused-ring (bicyclic) bond motifs is 1. The second-order valence-electron chi connectivity index (χ2n) is 6.96. The Morgan fingerprint density at radius 1 is 1.27 bits per heavy atom. The number of hydrogen-bond donors (Lipinski definition) is 1. The number of benzene rings is 1. The van der Waals surface area contributed by atoms with E-state index < -0.39 is 5.82 Å². The number of amides is 1. The van der Waals surface area contributed by atoms with E-state index >= 15 is 0 Å². The summed E-state index contributed by atoms with van der Waals surface area (Å²) in [6.45, 7) is 3.62. The largest absolute Gasteiger partial charge is 0.380 e. The van der Waals surface area contributed by atoms with E-state index in [1.807, 2.05) is 6.07 Å². The van der Waals surface area contributed by atoms with Crippen molar-refractivity contribution >= 4 is 28.8 Å². The van der Waals surface area contributed by atoms with Gasteiger partial charge >= 0.3 is 0 Å². The lowest BCUT2D eigenvalue weighted by Crippen LogP contribution is -2.66. The van der Waals surface area contributed by atoms with Crippen LogP contribution in [0.5, 0.6) is 0 Å². The predicted octanol–water partition coefficient (Wildman–Crippen LogP) is 1.96. The van der Waals surface area contributed by atoms with Crippen LogP contribution < -0.4 is 10.2 Å². The molecule has 2 aliphatic rings. The summed E-state index contributed by atoms with van der Waals surface area (Å²) in [4.78, 5) is 17.3. The minimum absolute atomic E-state index is 0.255. The summed E-state index contributed by atoms with van der Waals surface area (Å²) in [6, 6.07) is 6.35. The predicted molar refractivity (Wildman–Crippen MR) is 94.0 cm³/mol. The number of carbonyl (C=O) groups excluding carboxylic acids is 1. The highest BCUT2D eigenvalue weighted by atomic mass is 19.1. The molecule has 0 unspecified atom stereocenters. The van der Waals surface area contributed by atoms with Gasteiger partial charge in [0.15, 0.2) is 5.65 Å². The van der Waals surface area contributed by atoms with E-state index in [0.29, 0.717) is 23.2 Å². The van der Waals surface area contributed by atoms with Gasteiger partial charge in [-0.1, -0.05) is 0 Å². The van der Waals surface area contributed by atoms with Crippen LogP contribution in [-0.2, 0) is 9.53 Å². The van der Waals surface area contributed by atoms with Gasteiger partial charge < -0.3 is 15.0 Å². The minimum atomic E-state index is -0.427. The van der Waals surface area contributed by atoms with Crippen LogP contribution in [-0.4, -0.2) is 47.5 Å². The Labute approximate surface area is 148 Å². The maximum Gasteiger partial charge on any atom is 0.211 e. The Morgan fingerprint density at radius 3 is 2.85 bits per heavy atom. The van der Waals surface area contributed by atoms with Crippen LogP contribution in [0.2, 0.25) is 0 Å². The fourth-order valence-corrected chi connectivity index (χ4v) is 3.57. The molecule has 2 saturated heterocycles. The first-order valence-corrected chi connectivity index (χ1v) is 8.34. The number of carbonyl (C=O) groups is 1. The van der Waals surface area contributed by atoms with Crippen LogP contribution in [0, 0.1) is 11.2 Å². The van der Waals surface area contributed by atoms with Gasteiger partial charge in [-0.2, -0.15) is 0 Å². The maximum absolute atomic E-state index is 14.2. The third-order valence-electron chi connectivity index (χ3n) is 5.00. The molecule has 4 heterocycles. The first kappa shape index (κ1) is 15.3. The maximum atomic E-state index is 14.2. The summed E-state index contributed by atoms with van der Waals surface area (Å²) in [7, 11) is 0. The second kappa shape index (κ2) is 5.50. The van der Waals surface area contributed by atoms with E-state index in [0.717, 1.165) is 37.4 Å². The fraction of sp³-hybridized carbons (Fsp3) is 0.278. The summed E-state index contributed by atoms with van der Waals surface area (Å²) < 4.78 is 21.0. The van der Waals surface area contributed by atoms with Gasteiger partial charge in [-0.3, -0.25) is 4.79 Å². The Bertz CT molecular complexity index is 1010. The molecule has 132 valence electrons. The molecular weight excluding hydrogens is 337 g/mol. The molecule has 0 aliphatic carbocycles. The van der Waals surface area contributed by atoms with Crippen LogP contribution in [0.1, 0.15) is 0 Å². The molecule has 7 nitrogen and oxygen atoms in total. The van der Waals surface area contributed by atoms with Crippen LogP contribution in [0.3, 0.4) is 0 Å². The average molecular weight is 353 g/mol. The number of anilines is 2. The Morgan fingerprint density at radius 2 is 2.12 bits per heavy atom. The molecule has 2 aliphatic heterocycles. The van der Waals surface area contributed by atoms with Gasteiger partial charge in [-0.15, -0.1) is 5.10 Å². The second-order valence-corrected chi connectivity index (χ2v) is 6.96. The first-order valence-electron chi connectivity index (χ1n) is 8.34. The number of hydrogen-bond acceptors (Lipinski definition) is 5. The molecule has 0 radical (unpaired) electrons. The van der Waals surface area contributed by atoms with E-state index in [1.165, 1.54) is 22.9 Å². The van der Waals surface area contributed by atoms with Crippen molar-refractivity contribution in [1.82, 2.24) is 14.8 Å². The lowest BCUT2D eigenvalue weighted by molar-refractivity contribution is -0.127. The van der Waals surface area contributed by atoms with Gasteiger partial charge in [-0.05, 0) is 24.3 Å². The van der Waals surface area contributed by atoms with Crippen LogP contribution in [0.15, 0.2) is 36.7 Å². The van der Waals surface area contributed by atoms with E-state index in [9.17, 15) is 9.18 Å². The zero-order chi connectivity index (χ0) is 17.7. The molecule has 2 aromatic heterocycles. The van der Waals surface area contributed by atoms with Gasteiger partial charge in [0.05, 0.1) is 30.5 Å². The Hall–Kier alpha value is -3.00. The summed E-state index contributed by atoms with van der Waals surface area (Å²) in [5.74, 6) is -0.427. The van der Waals surface area contributed by atoms with E-state index in [-0.39, 0.29) is 5.69 Å². The molecule has 0 bridgehead atoms. The highest BCUT2D eigenvalue weighted by Gasteiger charge is 2.49. The molecule has 1 aromatic carbocycles. The van der Waals surface area contributed by atoms with Crippen molar-refractivity contribution < 1.29 is 13.9 Å². The highest BCUT2D eigenvalue weighted by Crippen LogP contribution is 2.40. The zero-order valence-electron chi connectivity index (χ0n) is 13.9. The molecule has 1 N–H and O–H groups in total. The molecule has 26 heavy (non-hydrogen) atoms. The zero-order valence-corrected chi connectivity index (χ0v) is 13.9. The van der Waals surface area contributed by atoms with Crippen molar-refractivity contribution in [3.8, 4) is 5.69 Å². The van der Waals surface area contributed by atoms with Gasteiger partial charge in [0, 0.05) is 30.4 Å². The van der Waals surface area contributed by atoms with Crippen LogP contribution >= 0.6 is 0 Å². The summed E-state index contributed by atoms with van der Waals surface area (Å²) >= 11 is 0. The summed E-state index contributed by atoms with van der Waals surface area (Å²) in [5.41, 5.74) is 2.66. The summed E-state index contributed by atoms with van der Waals surface area (Å²) in [6.07, 6.45) is 4.10. The normalized spacial score (nSPS) is 17.8. The molecule has 0 saturated carbocycles. The Balaban J connectivity index is 1.47. The van der Waals surface area contributed by atoms with Crippen molar-refractivity contribution in [2.75, 3.05) is 36.5 Å². The van der Waals surface area contributed by atoms with Gasteiger partial charge in [0.2, 0.25) is 6.41 Å². The van der Waals surface area contributed by atoms with Gasteiger partial charge in [0.1, 0.15) is 11.5 Å². The third kappa shape index (κ3) is 2.33. The van der Waals surface area contributed by atoms with Crippen molar-refractivity contribution in [3.63, 3.8) is 0 Å².